The SMILES string of the molecule is NC(C[Se]CC(N)c1ccccc1)c1ccccc1. The standard InChI is InChI=1S/C16H20N2Se/c17-15(13-7-3-1-4-8-13)11-19-12-16(18)14-9-5-2-6-10-14/h1-10,15-16H,11-12,17-18H2. The molecule has 0 spiro atoms. The molecule has 3 heteroatoms. The van der Waals surface area contributed by atoms with Crippen molar-refractivity contribution < 1.29 is 0 Å². The number of benzene rings is 2. The molecule has 0 saturated heterocycles. The van der Waals surface area contributed by atoms with E-state index in [4.69, 9.17) is 11.5 Å². The summed E-state index contributed by atoms with van der Waals surface area (Å²) in [5, 5.41) is 2.08. The molecule has 0 aliphatic carbocycles. The molecule has 0 aliphatic rings. The Labute approximate surface area is 121 Å². The predicted molar refractivity (Wildman–Crippen MR) is 82.1 cm³/mol. The second-order valence-electron chi connectivity index (χ2n) is 4.57. The summed E-state index contributed by atoms with van der Waals surface area (Å²) in [6, 6.07) is 20.9. The van der Waals surface area contributed by atoms with Crippen LogP contribution in [-0.4, -0.2) is 15.0 Å². The summed E-state index contributed by atoms with van der Waals surface area (Å²) in [4.78, 5) is 0. The maximum absolute atomic E-state index is 6.19. The molecule has 19 heavy (non-hydrogen) atoms. The van der Waals surface area contributed by atoms with Crippen LogP contribution in [0.25, 0.3) is 0 Å². The van der Waals surface area contributed by atoms with Gasteiger partial charge in [-0.05, 0) is 0 Å². The fraction of sp³-hybridized carbons (Fsp3) is 0.250. The summed E-state index contributed by atoms with van der Waals surface area (Å²) in [7, 11) is 0. The molecule has 100 valence electrons. The average molecular weight is 319 g/mol. The monoisotopic (exact) mass is 320 g/mol. The normalized spacial score (nSPS) is 14.0. The number of rotatable bonds is 6. The third kappa shape index (κ3) is 4.48. The quantitative estimate of drug-likeness (QED) is 0.804. The fourth-order valence-corrected chi connectivity index (χ4v) is 4.07. The van der Waals surface area contributed by atoms with Crippen LogP contribution in [0.5, 0.6) is 0 Å². The van der Waals surface area contributed by atoms with E-state index in [2.05, 4.69) is 24.3 Å². The zero-order valence-corrected chi connectivity index (χ0v) is 12.6. The van der Waals surface area contributed by atoms with E-state index in [1.54, 1.807) is 0 Å². The Bertz CT molecular complexity index is 427. The summed E-state index contributed by atoms with van der Waals surface area (Å²) < 4.78 is 0. The van der Waals surface area contributed by atoms with E-state index in [0.29, 0.717) is 15.0 Å². The summed E-state index contributed by atoms with van der Waals surface area (Å²) in [5.41, 5.74) is 14.8. The molecule has 0 fully saturated rings. The molecule has 4 N–H and O–H groups in total. The fourth-order valence-electron chi connectivity index (χ4n) is 1.91. The summed E-state index contributed by atoms with van der Waals surface area (Å²) >= 11 is 0.477. The summed E-state index contributed by atoms with van der Waals surface area (Å²) in [6.07, 6.45) is 0. The van der Waals surface area contributed by atoms with Gasteiger partial charge >= 0.3 is 121 Å². The zero-order chi connectivity index (χ0) is 13.5. The van der Waals surface area contributed by atoms with Gasteiger partial charge in [0.2, 0.25) is 0 Å². The third-order valence-electron chi connectivity index (χ3n) is 3.05. The first kappa shape index (κ1) is 14.3. The van der Waals surface area contributed by atoms with Crippen LogP contribution in [-0.2, 0) is 0 Å². The van der Waals surface area contributed by atoms with Crippen LogP contribution in [0.1, 0.15) is 23.2 Å². The van der Waals surface area contributed by atoms with Gasteiger partial charge in [-0.15, -0.1) is 0 Å². The van der Waals surface area contributed by atoms with Crippen LogP contribution in [0, 0.1) is 0 Å². The molecule has 2 aromatic carbocycles. The molecule has 0 bridgehead atoms. The third-order valence-corrected chi connectivity index (χ3v) is 5.55. The van der Waals surface area contributed by atoms with Crippen molar-refractivity contribution in [1.82, 2.24) is 0 Å². The van der Waals surface area contributed by atoms with Crippen molar-refractivity contribution in [1.29, 1.82) is 0 Å². The van der Waals surface area contributed by atoms with Crippen LogP contribution in [0.3, 0.4) is 0 Å². The number of hydrogen-bond acceptors (Lipinski definition) is 2. The topological polar surface area (TPSA) is 52.0 Å². The van der Waals surface area contributed by atoms with Gasteiger partial charge in [0.1, 0.15) is 0 Å². The molecule has 0 amide bonds. The van der Waals surface area contributed by atoms with E-state index < -0.39 is 0 Å². The molecule has 0 saturated carbocycles. The first-order valence-electron chi connectivity index (χ1n) is 6.46. The van der Waals surface area contributed by atoms with Crippen molar-refractivity contribution in [2.45, 2.75) is 22.7 Å². The number of nitrogens with two attached hydrogens (primary N) is 2. The van der Waals surface area contributed by atoms with Gasteiger partial charge in [-0.2, -0.15) is 0 Å². The molecule has 2 aromatic rings. The van der Waals surface area contributed by atoms with Crippen molar-refractivity contribution in [3.8, 4) is 0 Å². The second kappa shape index (κ2) is 7.46. The van der Waals surface area contributed by atoms with E-state index >= 15 is 0 Å². The molecule has 0 radical (unpaired) electrons. The van der Waals surface area contributed by atoms with E-state index in [1.807, 2.05) is 36.4 Å². The zero-order valence-electron chi connectivity index (χ0n) is 10.9. The molecular formula is C16H20N2Se. The van der Waals surface area contributed by atoms with Gasteiger partial charge < -0.3 is 0 Å². The van der Waals surface area contributed by atoms with E-state index in [0.717, 1.165) is 10.6 Å². The molecule has 2 atom stereocenters. The average Bonchev–Trinajstić information content (AvgIpc) is 2.49. The Morgan fingerprint density at radius 1 is 0.684 bits per heavy atom. The summed E-state index contributed by atoms with van der Waals surface area (Å²) in [5.74, 6) is 0. The second-order valence-corrected chi connectivity index (χ2v) is 6.83. The Kier molecular flexibility index (Phi) is 5.61. The van der Waals surface area contributed by atoms with Gasteiger partial charge in [-0.1, -0.05) is 0 Å². The van der Waals surface area contributed by atoms with Crippen molar-refractivity contribution in [3.05, 3.63) is 71.8 Å². The van der Waals surface area contributed by atoms with Crippen LogP contribution >= 0.6 is 0 Å². The van der Waals surface area contributed by atoms with Crippen molar-refractivity contribution in [2.75, 3.05) is 0 Å². The van der Waals surface area contributed by atoms with Gasteiger partial charge in [-0.25, -0.2) is 0 Å². The summed E-state index contributed by atoms with van der Waals surface area (Å²) in [6.45, 7) is 0. The molecule has 2 rings (SSSR count). The van der Waals surface area contributed by atoms with Gasteiger partial charge in [0.05, 0.1) is 0 Å². The van der Waals surface area contributed by atoms with E-state index in [9.17, 15) is 0 Å². The van der Waals surface area contributed by atoms with Crippen LogP contribution < -0.4 is 11.5 Å². The minimum absolute atomic E-state index is 0.143. The minimum atomic E-state index is 0.143. The van der Waals surface area contributed by atoms with Crippen molar-refractivity contribution >= 4 is 15.0 Å². The first-order chi connectivity index (χ1) is 9.27. The van der Waals surface area contributed by atoms with Gasteiger partial charge in [0, 0.05) is 0 Å². The van der Waals surface area contributed by atoms with Crippen LogP contribution in [0.2, 0.25) is 10.6 Å². The van der Waals surface area contributed by atoms with Gasteiger partial charge in [0.15, 0.2) is 0 Å². The maximum atomic E-state index is 6.19. The van der Waals surface area contributed by atoms with Crippen molar-refractivity contribution in [2.24, 2.45) is 11.5 Å². The van der Waals surface area contributed by atoms with Crippen LogP contribution in [0.4, 0.5) is 0 Å². The van der Waals surface area contributed by atoms with E-state index in [1.165, 1.54) is 11.1 Å². The van der Waals surface area contributed by atoms with Gasteiger partial charge in [0.25, 0.3) is 0 Å². The molecule has 2 nitrogen and oxygen atoms in total. The van der Waals surface area contributed by atoms with E-state index in [-0.39, 0.29) is 12.1 Å². The molecule has 0 aliphatic heterocycles. The molecule has 0 aromatic heterocycles. The Morgan fingerprint density at radius 2 is 1.05 bits per heavy atom. The Balaban J connectivity index is 1.78. The Hall–Kier alpha value is -1.12. The van der Waals surface area contributed by atoms with Gasteiger partial charge in [-0.3, -0.25) is 0 Å². The molecular weight excluding hydrogens is 299 g/mol. The van der Waals surface area contributed by atoms with Crippen LogP contribution in [0.15, 0.2) is 60.7 Å². The Morgan fingerprint density at radius 3 is 1.42 bits per heavy atom. The molecule has 2 unspecified atom stereocenters. The molecule has 0 heterocycles. The first-order valence-corrected chi connectivity index (χ1v) is 8.88. The van der Waals surface area contributed by atoms with Crippen molar-refractivity contribution in [3.63, 3.8) is 0 Å². The predicted octanol–water partition coefficient (Wildman–Crippen LogP) is 2.93. The number of hydrogen-bond donors (Lipinski definition) is 2.